The Morgan fingerprint density at radius 1 is 1.40 bits per heavy atom. The van der Waals surface area contributed by atoms with Crippen LogP contribution in [0, 0.1) is 16.0 Å². The molecule has 9 heteroatoms. The zero-order valence-electron chi connectivity index (χ0n) is 13.6. The summed E-state index contributed by atoms with van der Waals surface area (Å²) in [4.78, 5) is 22.8. The Hall–Kier alpha value is -2.45. The van der Waals surface area contributed by atoms with Gasteiger partial charge in [-0.3, -0.25) is 14.9 Å². The van der Waals surface area contributed by atoms with Gasteiger partial charge in [-0.25, -0.2) is 4.68 Å². The Morgan fingerprint density at radius 3 is 2.92 bits per heavy atom. The molecule has 0 bridgehead atoms. The maximum absolute atomic E-state index is 12.1. The molecule has 134 valence electrons. The van der Waals surface area contributed by atoms with Gasteiger partial charge in [0.25, 0.3) is 11.6 Å². The lowest BCUT2D eigenvalue weighted by Crippen LogP contribution is -2.27. The minimum absolute atomic E-state index is 0. The molecule has 1 fully saturated rings. The number of benzene rings is 1. The van der Waals surface area contributed by atoms with Gasteiger partial charge in [-0.15, -0.1) is 12.4 Å². The first kappa shape index (κ1) is 18.9. The first-order chi connectivity index (χ1) is 11.6. The van der Waals surface area contributed by atoms with Gasteiger partial charge < -0.3 is 10.6 Å². The molecule has 0 aliphatic carbocycles. The van der Waals surface area contributed by atoms with Crippen LogP contribution in [-0.2, 0) is 0 Å². The van der Waals surface area contributed by atoms with Crippen LogP contribution in [0.3, 0.4) is 0 Å². The van der Waals surface area contributed by atoms with Crippen LogP contribution in [0.2, 0.25) is 0 Å². The highest BCUT2D eigenvalue weighted by Crippen LogP contribution is 2.21. The van der Waals surface area contributed by atoms with E-state index < -0.39 is 4.92 Å². The molecule has 1 aliphatic rings. The van der Waals surface area contributed by atoms with Gasteiger partial charge in [-0.05, 0) is 44.0 Å². The molecule has 0 saturated carbocycles. The van der Waals surface area contributed by atoms with Crippen molar-refractivity contribution < 1.29 is 9.72 Å². The molecule has 1 aromatic carbocycles. The summed E-state index contributed by atoms with van der Waals surface area (Å²) in [6, 6.07) is 7.85. The monoisotopic (exact) mass is 365 g/mol. The molecule has 1 atom stereocenters. The second-order valence-corrected chi connectivity index (χ2v) is 5.79. The number of aromatic nitrogens is 2. The predicted molar refractivity (Wildman–Crippen MR) is 95.4 cm³/mol. The molecule has 1 saturated heterocycles. The van der Waals surface area contributed by atoms with Gasteiger partial charge in [0, 0.05) is 18.8 Å². The average Bonchev–Trinajstić information content (AvgIpc) is 3.26. The zero-order valence-corrected chi connectivity index (χ0v) is 14.4. The largest absolute Gasteiger partial charge is 0.351 e. The highest BCUT2D eigenvalue weighted by atomic mass is 35.5. The molecular formula is C16H20ClN5O3. The molecule has 0 spiro atoms. The minimum Gasteiger partial charge on any atom is -0.351 e. The van der Waals surface area contributed by atoms with Gasteiger partial charge in [-0.1, -0.05) is 12.1 Å². The summed E-state index contributed by atoms with van der Waals surface area (Å²) in [5, 5.41) is 21.4. The molecule has 1 unspecified atom stereocenters. The molecule has 1 aromatic heterocycles. The van der Waals surface area contributed by atoms with Crippen molar-refractivity contribution in [1.29, 1.82) is 0 Å². The molecule has 0 radical (unpaired) electrons. The number of amides is 1. The second-order valence-electron chi connectivity index (χ2n) is 5.79. The molecule has 2 aromatic rings. The van der Waals surface area contributed by atoms with Gasteiger partial charge >= 0.3 is 0 Å². The van der Waals surface area contributed by atoms with E-state index in [-0.39, 0.29) is 29.7 Å². The third-order valence-corrected chi connectivity index (χ3v) is 4.15. The van der Waals surface area contributed by atoms with Gasteiger partial charge in [0.05, 0.1) is 4.92 Å². The summed E-state index contributed by atoms with van der Waals surface area (Å²) in [7, 11) is 0. The van der Waals surface area contributed by atoms with Crippen LogP contribution in [-0.4, -0.2) is 40.2 Å². The topological polar surface area (TPSA) is 102 Å². The molecule has 8 nitrogen and oxygen atoms in total. The number of nitro groups is 1. The van der Waals surface area contributed by atoms with Crippen LogP contribution in [0.1, 0.15) is 23.3 Å². The highest BCUT2D eigenvalue weighted by molar-refractivity contribution is 5.92. The van der Waals surface area contributed by atoms with Crippen molar-refractivity contribution in [1.82, 2.24) is 20.4 Å². The van der Waals surface area contributed by atoms with E-state index in [1.165, 1.54) is 10.7 Å². The van der Waals surface area contributed by atoms with E-state index in [0.29, 0.717) is 18.2 Å². The molecule has 1 amide bonds. The summed E-state index contributed by atoms with van der Waals surface area (Å²) in [5.41, 5.74) is 0.526. The van der Waals surface area contributed by atoms with Gasteiger partial charge in [-0.2, -0.15) is 5.10 Å². The average molecular weight is 366 g/mol. The van der Waals surface area contributed by atoms with Crippen molar-refractivity contribution in [2.75, 3.05) is 19.6 Å². The number of para-hydroxylation sites is 2. The van der Waals surface area contributed by atoms with E-state index in [9.17, 15) is 14.9 Å². The fourth-order valence-corrected chi connectivity index (χ4v) is 2.83. The summed E-state index contributed by atoms with van der Waals surface area (Å²) in [6.45, 7) is 2.64. The number of carbonyl (C=O) groups excluding carboxylic acids is 1. The number of nitro benzene ring substituents is 1. The lowest BCUT2D eigenvalue weighted by molar-refractivity contribution is -0.384. The lowest BCUT2D eigenvalue weighted by Gasteiger charge is -2.08. The molecule has 25 heavy (non-hydrogen) atoms. The van der Waals surface area contributed by atoms with E-state index in [0.717, 1.165) is 25.9 Å². The summed E-state index contributed by atoms with van der Waals surface area (Å²) in [6.07, 6.45) is 3.63. The number of hydrogen-bond acceptors (Lipinski definition) is 5. The molecular weight excluding hydrogens is 346 g/mol. The second kappa shape index (κ2) is 8.59. The summed E-state index contributed by atoms with van der Waals surface area (Å²) >= 11 is 0. The Balaban J connectivity index is 0.00000225. The molecule has 2 heterocycles. The maximum Gasteiger partial charge on any atom is 0.294 e. The lowest BCUT2D eigenvalue weighted by atomic mass is 10.1. The number of halogens is 1. The van der Waals surface area contributed by atoms with Crippen molar-refractivity contribution in [2.24, 2.45) is 5.92 Å². The van der Waals surface area contributed by atoms with Crippen LogP contribution in [0.25, 0.3) is 5.69 Å². The Kier molecular flexibility index (Phi) is 6.49. The highest BCUT2D eigenvalue weighted by Gasteiger charge is 2.18. The maximum atomic E-state index is 12.1. The third kappa shape index (κ3) is 4.55. The first-order valence-electron chi connectivity index (χ1n) is 7.93. The zero-order chi connectivity index (χ0) is 16.9. The molecule has 3 rings (SSSR count). The fraction of sp³-hybridized carbons (Fsp3) is 0.375. The Morgan fingerprint density at radius 2 is 2.20 bits per heavy atom. The number of hydrogen-bond donors (Lipinski definition) is 2. The number of nitrogens with one attached hydrogen (secondary N) is 2. The third-order valence-electron chi connectivity index (χ3n) is 4.15. The van der Waals surface area contributed by atoms with Crippen molar-refractivity contribution in [3.63, 3.8) is 0 Å². The van der Waals surface area contributed by atoms with E-state index in [1.54, 1.807) is 30.5 Å². The normalized spacial score (nSPS) is 16.2. The van der Waals surface area contributed by atoms with E-state index in [4.69, 9.17) is 0 Å². The van der Waals surface area contributed by atoms with E-state index in [2.05, 4.69) is 15.7 Å². The quantitative estimate of drug-likeness (QED) is 0.601. The van der Waals surface area contributed by atoms with Crippen LogP contribution in [0.5, 0.6) is 0 Å². The summed E-state index contributed by atoms with van der Waals surface area (Å²) in [5.74, 6) is 0.341. The van der Waals surface area contributed by atoms with Crippen LogP contribution in [0.4, 0.5) is 5.69 Å². The smallest absolute Gasteiger partial charge is 0.294 e. The van der Waals surface area contributed by atoms with Crippen molar-refractivity contribution in [3.8, 4) is 5.69 Å². The SMILES string of the molecule is Cl.O=C(NCCC1CCNC1)c1ccn(-c2ccccc2[N+](=O)[O-])n1. The molecule has 2 N–H and O–H groups in total. The van der Waals surface area contributed by atoms with Crippen LogP contribution < -0.4 is 10.6 Å². The standard InChI is InChI=1S/C16H19N5O3.ClH/c22-16(18-9-6-12-5-8-17-11-12)13-7-10-20(19-13)14-3-1-2-4-15(14)21(23)24;/h1-4,7,10,12,17H,5-6,8-9,11H2,(H,18,22);1H. The number of rotatable bonds is 6. The van der Waals surface area contributed by atoms with Crippen LogP contribution >= 0.6 is 12.4 Å². The van der Waals surface area contributed by atoms with Gasteiger partial charge in [0.15, 0.2) is 5.69 Å². The Bertz CT molecular complexity index is 743. The van der Waals surface area contributed by atoms with Gasteiger partial charge in [0.2, 0.25) is 0 Å². The predicted octanol–water partition coefficient (Wildman–Crippen LogP) is 1.93. The van der Waals surface area contributed by atoms with E-state index >= 15 is 0 Å². The van der Waals surface area contributed by atoms with Crippen molar-refractivity contribution in [3.05, 3.63) is 52.3 Å². The molecule has 1 aliphatic heterocycles. The van der Waals surface area contributed by atoms with E-state index in [1.807, 2.05) is 0 Å². The van der Waals surface area contributed by atoms with Crippen molar-refractivity contribution >= 4 is 24.0 Å². The number of nitrogens with zero attached hydrogens (tertiary/aromatic N) is 3. The van der Waals surface area contributed by atoms with Crippen LogP contribution in [0.15, 0.2) is 36.5 Å². The van der Waals surface area contributed by atoms with Crippen molar-refractivity contribution in [2.45, 2.75) is 12.8 Å². The Labute approximate surface area is 151 Å². The number of carbonyl (C=O) groups is 1. The minimum atomic E-state index is -0.466. The van der Waals surface area contributed by atoms with Gasteiger partial charge in [0.1, 0.15) is 5.69 Å². The fourth-order valence-electron chi connectivity index (χ4n) is 2.83. The first-order valence-corrected chi connectivity index (χ1v) is 7.93. The summed E-state index contributed by atoms with van der Waals surface area (Å²) < 4.78 is 1.36.